The first kappa shape index (κ1) is 20.2. The molecule has 2 aromatic rings. The van der Waals surface area contributed by atoms with Gasteiger partial charge in [0.05, 0.1) is 10.5 Å². The summed E-state index contributed by atoms with van der Waals surface area (Å²) in [7, 11) is 0. The maximum absolute atomic E-state index is 6.23. The monoisotopic (exact) mass is 466 g/mol. The van der Waals surface area contributed by atoms with Crippen LogP contribution in [0.2, 0.25) is 5.02 Å². The topological polar surface area (TPSA) is 18.5 Å². The zero-order chi connectivity index (χ0) is 15.4. The first-order valence-electron chi connectivity index (χ1n) is 7.32. The summed E-state index contributed by atoms with van der Waals surface area (Å²) in [6.45, 7) is 4.59. The molecule has 1 fully saturated rings. The summed E-state index contributed by atoms with van der Waals surface area (Å²) in [4.78, 5) is 1.11. The molecule has 3 rings (SSSR count). The maximum Gasteiger partial charge on any atom is 1.00 e. The Balaban J connectivity index is 0.00000192. The number of hydrogen-bond donors (Lipinski definition) is 0. The second kappa shape index (κ2) is 10.1. The average molecular weight is 467 g/mol. The molecule has 2 atom stereocenters. The number of thioether (sulfide) groups is 1. The Morgan fingerprint density at radius 2 is 2.04 bits per heavy atom. The third-order valence-corrected chi connectivity index (χ3v) is 4.84. The van der Waals surface area contributed by atoms with Crippen molar-refractivity contribution < 1.29 is 78.4 Å². The second-order valence-electron chi connectivity index (χ2n) is 5.40. The van der Waals surface area contributed by atoms with Gasteiger partial charge in [0, 0.05) is 4.90 Å². The predicted octanol–water partition coefficient (Wildman–Crippen LogP) is 2.56. The fraction of sp³-hybridized carbons (Fsp3) is 0.278. The molecule has 2 aromatic carbocycles. The van der Waals surface area contributed by atoms with Crippen LogP contribution in [-0.4, -0.2) is 5.44 Å². The van der Waals surface area contributed by atoms with Crippen LogP contribution in [0.1, 0.15) is 18.9 Å². The first-order chi connectivity index (χ1) is 10.7. The van der Waals surface area contributed by atoms with Crippen molar-refractivity contribution in [3.8, 4) is 5.75 Å². The van der Waals surface area contributed by atoms with Crippen molar-refractivity contribution >= 4 is 23.4 Å². The van der Waals surface area contributed by atoms with Crippen LogP contribution in [0.15, 0.2) is 53.4 Å². The standard InChI is InChI=1S/C18H18ClO2S.Cs/c1-13-9-18(21-11-13)22-15-7-8-16(19)17(10-15)20-12-14-5-3-2-4-6-14;/h2-8,10-11,13,18H,9,12H2,1H3;/q-1;+1/t13-,18?;/m1./s1. The Kier molecular flexibility index (Phi) is 8.91. The van der Waals surface area contributed by atoms with Crippen LogP contribution in [0.3, 0.4) is 0 Å². The quantitative estimate of drug-likeness (QED) is 0.631. The predicted molar refractivity (Wildman–Crippen MR) is 91.0 cm³/mol. The molecule has 1 unspecified atom stereocenters. The molecule has 0 amide bonds. The van der Waals surface area contributed by atoms with Gasteiger partial charge in [0.15, 0.2) is 0 Å². The van der Waals surface area contributed by atoms with Crippen molar-refractivity contribution in [2.45, 2.75) is 30.3 Å². The molecular weight excluding hydrogens is 449 g/mol. The molecule has 1 aliphatic heterocycles. The van der Waals surface area contributed by atoms with E-state index < -0.39 is 0 Å². The van der Waals surface area contributed by atoms with E-state index in [1.54, 1.807) is 11.8 Å². The number of ether oxygens (including phenoxy) is 2. The van der Waals surface area contributed by atoms with Gasteiger partial charge < -0.3 is 9.47 Å². The molecule has 0 bridgehead atoms. The van der Waals surface area contributed by atoms with E-state index in [1.165, 1.54) is 0 Å². The van der Waals surface area contributed by atoms with Crippen LogP contribution in [0.4, 0.5) is 0 Å². The van der Waals surface area contributed by atoms with Gasteiger partial charge in [-0.3, -0.25) is 0 Å². The van der Waals surface area contributed by atoms with E-state index >= 15 is 0 Å². The van der Waals surface area contributed by atoms with Gasteiger partial charge in [0.1, 0.15) is 12.4 Å². The summed E-state index contributed by atoms with van der Waals surface area (Å²) in [6.07, 6.45) is 1.04. The Labute approximate surface area is 206 Å². The SMILES string of the molecule is C[C@H]1[CH-]OC(Sc2ccc(Cl)c(OCc3ccccc3)c2)C1.[Cs+]. The van der Waals surface area contributed by atoms with Gasteiger partial charge in [-0.1, -0.05) is 60.6 Å². The van der Waals surface area contributed by atoms with Gasteiger partial charge in [-0.05, 0) is 30.2 Å². The van der Waals surface area contributed by atoms with Crippen LogP contribution in [0.5, 0.6) is 5.75 Å². The van der Waals surface area contributed by atoms with E-state index in [9.17, 15) is 0 Å². The zero-order valence-corrected chi connectivity index (χ0v) is 21.2. The molecular formula is C18H18ClCsO2S. The van der Waals surface area contributed by atoms with E-state index in [1.807, 2.05) is 55.1 Å². The van der Waals surface area contributed by atoms with Gasteiger partial charge in [0.2, 0.25) is 0 Å². The summed E-state index contributed by atoms with van der Waals surface area (Å²) in [5.74, 6) is 1.23. The molecule has 0 aromatic heterocycles. The van der Waals surface area contributed by atoms with Crippen molar-refractivity contribution in [1.29, 1.82) is 0 Å². The van der Waals surface area contributed by atoms with Crippen LogP contribution < -0.4 is 73.6 Å². The van der Waals surface area contributed by atoms with Gasteiger partial charge >= 0.3 is 68.9 Å². The van der Waals surface area contributed by atoms with E-state index in [0.29, 0.717) is 23.3 Å². The Hall–Kier alpha value is 0.892. The molecule has 1 aliphatic rings. The van der Waals surface area contributed by atoms with Crippen LogP contribution >= 0.6 is 23.4 Å². The van der Waals surface area contributed by atoms with Gasteiger partial charge in [0.25, 0.3) is 0 Å². The van der Waals surface area contributed by atoms with E-state index in [2.05, 4.69) is 6.92 Å². The summed E-state index contributed by atoms with van der Waals surface area (Å²) < 4.78 is 11.5. The number of halogens is 1. The minimum Gasteiger partial charge on any atom is -0.542 e. The molecule has 116 valence electrons. The van der Waals surface area contributed by atoms with Crippen LogP contribution in [-0.2, 0) is 11.3 Å². The second-order valence-corrected chi connectivity index (χ2v) is 7.04. The third kappa shape index (κ3) is 6.28. The minimum atomic E-state index is 0. The molecule has 0 spiro atoms. The van der Waals surface area contributed by atoms with E-state index in [0.717, 1.165) is 16.9 Å². The number of rotatable bonds is 5. The Morgan fingerprint density at radius 1 is 1.26 bits per heavy atom. The fourth-order valence-electron chi connectivity index (χ4n) is 2.27. The van der Waals surface area contributed by atoms with Crippen LogP contribution in [0.25, 0.3) is 0 Å². The Morgan fingerprint density at radius 3 is 2.74 bits per heavy atom. The summed E-state index contributed by atoms with van der Waals surface area (Å²) in [5, 5.41) is 0.632. The normalized spacial score (nSPS) is 20.1. The molecule has 0 saturated carbocycles. The van der Waals surface area contributed by atoms with E-state index in [4.69, 9.17) is 21.1 Å². The number of benzene rings is 2. The minimum absolute atomic E-state index is 0. The summed E-state index contributed by atoms with van der Waals surface area (Å²) in [5.41, 5.74) is 1.30. The molecule has 2 nitrogen and oxygen atoms in total. The third-order valence-electron chi connectivity index (χ3n) is 3.43. The van der Waals surface area contributed by atoms with Gasteiger partial charge in [-0.15, -0.1) is 5.92 Å². The van der Waals surface area contributed by atoms with Gasteiger partial charge in [-0.2, -0.15) is 0 Å². The van der Waals surface area contributed by atoms with Crippen molar-refractivity contribution in [1.82, 2.24) is 0 Å². The van der Waals surface area contributed by atoms with Crippen molar-refractivity contribution in [2.24, 2.45) is 5.92 Å². The van der Waals surface area contributed by atoms with Gasteiger partial charge in [-0.25, -0.2) is 6.61 Å². The molecule has 0 N–H and O–H groups in total. The molecule has 5 heteroatoms. The van der Waals surface area contributed by atoms with Crippen molar-refractivity contribution in [3.63, 3.8) is 0 Å². The maximum atomic E-state index is 6.23. The summed E-state index contributed by atoms with van der Waals surface area (Å²) in [6, 6.07) is 16.0. The Bertz CT molecular complexity index is 624. The molecule has 1 heterocycles. The largest absolute Gasteiger partial charge is 1.00 e. The zero-order valence-electron chi connectivity index (χ0n) is 13.4. The van der Waals surface area contributed by atoms with Crippen molar-refractivity contribution in [2.75, 3.05) is 0 Å². The summed E-state index contributed by atoms with van der Waals surface area (Å²) >= 11 is 7.94. The molecule has 0 radical (unpaired) electrons. The average Bonchev–Trinajstić information content (AvgIpc) is 2.94. The fourth-order valence-corrected chi connectivity index (χ4v) is 3.58. The number of hydrogen-bond acceptors (Lipinski definition) is 3. The van der Waals surface area contributed by atoms with E-state index in [-0.39, 0.29) is 74.3 Å². The smallest absolute Gasteiger partial charge is 0.542 e. The molecule has 23 heavy (non-hydrogen) atoms. The first-order valence-corrected chi connectivity index (χ1v) is 8.58. The molecule has 1 saturated heterocycles. The molecule has 0 aliphatic carbocycles. The van der Waals surface area contributed by atoms with Crippen LogP contribution in [0, 0.1) is 12.5 Å². The van der Waals surface area contributed by atoms with Crippen molar-refractivity contribution in [3.05, 3.63) is 65.7 Å².